The van der Waals surface area contributed by atoms with Gasteiger partial charge in [0.05, 0.1) is 17.6 Å². The topological polar surface area (TPSA) is 69.4 Å². The van der Waals surface area contributed by atoms with Crippen molar-refractivity contribution in [2.75, 3.05) is 7.11 Å². The Labute approximate surface area is 135 Å². The first kappa shape index (κ1) is 16.7. The zero-order valence-corrected chi connectivity index (χ0v) is 13.4. The lowest BCUT2D eigenvalue weighted by Crippen LogP contribution is -2.03. The van der Waals surface area contributed by atoms with Gasteiger partial charge >= 0.3 is 5.97 Å². The number of carbonyl (C=O) groups excluding carboxylic acids is 1. The molecule has 2 aromatic carbocycles. The van der Waals surface area contributed by atoms with Gasteiger partial charge in [-0.1, -0.05) is 32.0 Å². The number of hydrogen-bond donors (Lipinski definition) is 0. The summed E-state index contributed by atoms with van der Waals surface area (Å²) in [6, 6.07) is 12.1. The molecule has 23 heavy (non-hydrogen) atoms. The molecule has 0 saturated heterocycles. The van der Waals surface area contributed by atoms with Gasteiger partial charge in [0.2, 0.25) is 0 Å². The summed E-state index contributed by atoms with van der Waals surface area (Å²) >= 11 is 0. The molecule has 0 heterocycles. The third-order valence-corrected chi connectivity index (χ3v) is 3.70. The van der Waals surface area contributed by atoms with Crippen molar-refractivity contribution in [2.45, 2.75) is 26.2 Å². The van der Waals surface area contributed by atoms with Crippen molar-refractivity contribution < 1.29 is 14.5 Å². The van der Waals surface area contributed by atoms with Gasteiger partial charge in [-0.25, -0.2) is 4.79 Å². The van der Waals surface area contributed by atoms with E-state index in [2.05, 4.69) is 13.8 Å². The zero-order valence-electron chi connectivity index (χ0n) is 13.4. The number of methoxy groups -OCH3 is 1. The lowest BCUT2D eigenvalue weighted by Gasteiger charge is -2.13. The first-order chi connectivity index (χ1) is 10.9. The van der Waals surface area contributed by atoms with Gasteiger partial charge in [-0.2, -0.15) is 0 Å². The number of nitrogens with zero attached hydrogens (tertiary/aromatic N) is 1. The normalized spacial score (nSPS) is 10.6. The molecule has 2 aromatic rings. The molecule has 0 unspecified atom stereocenters. The maximum Gasteiger partial charge on any atom is 0.337 e. The van der Waals surface area contributed by atoms with E-state index >= 15 is 0 Å². The maximum atomic E-state index is 11.6. The summed E-state index contributed by atoms with van der Waals surface area (Å²) in [5.41, 5.74) is 3.43. The first-order valence-corrected chi connectivity index (χ1v) is 7.37. The van der Waals surface area contributed by atoms with Crippen molar-refractivity contribution >= 4 is 11.7 Å². The van der Waals surface area contributed by atoms with Crippen LogP contribution < -0.4 is 0 Å². The van der Waals surface area contributed by atoms with Crippen molar-refractivity contribution in [3.8, 4) is 0 Å². The second-order valence-electron chi connectivity index (χ2n) is 5.66. The lowest BCUT2D eigenvalue weighted by molar-refractivity contribution is -0.384. The van der Waals surface area contributed by atoms with Gasteiger partial charge in [0.25, 0.3) is 5.69 Å². The minimum absolute atomic E-state index is 0.0773. The minimum atomic E-state index is -0.394. The van der Waals surface area contributed by atoms with Crippen LogP contribution >= 0.6 is 0 Å². The van der Waals surface area contributed by atoms with E-state index in [1.54, 1.807) is 24.3 Å². The number of esters is 1. The predicted molar refractivity (Wildman–Crippen MR) is 87.8 cm³/mol. The van der Waals surface area contributed by atoms with Crippen LogP contribution in [0.4, 0.5) is 5.69 Å². The average molecular weight is 313 g/mol. The van der Waals surface area contributed by atoms with Crippen LogP contribution in [0.2, 0.25) is 0 Å². The lowest BCUT2D eigenvalue weighted by atomic mass is 9.92. The molecule has 0 aliphatic heterocycles. The highest BCUT2D eigenvalue weighted by atomic mass is 16.6. The number of nitro groups is 1. The molecule has 0 aliphatic rings. The summed E-state index contributed by atoms with van der Waals surface area (Å²) in [4.78, 5) is 22.2. The SMILES string of the molecule is COC(=O)c1cccc(Cc2cc([N+](=O)[O-])ccc2C(C)C)c1. The molecule has 2 rings (SSSR count). The van der Waals surface area contributed by atoms with Crippen LogP contribution in [0.5, 0.6) is 0 Å². The van der Waals surface area contributed by atoms with Crippen LogP contribution in [-0.4, -0.2) is 18.0 Å². The van der Waals surface area contributed by atoms with Crippen LogP contribution in [-0.2, 0) is 11.2 Å². The highest BCUT2D eigenvalue weighted by molar-refractivity contribution is 5.89. The standard InChI is InChI=1S/C18H19NO4/c1-12(2)17-8-7-16(19(21)22)11-15(17)10-13-5-4-6-14(9-13)18(20)23-3/h4-9,11-12H,10H2,1-3H3. The maximum absolute atomic E-state index is 11.6. The second-order valence-corrected chi connectivity index (χ2v) is 5.66. The molecule has 0 atom stereocenters. The molecular formula is C18H19NO4. The highest BCUT2D eigenvalue weighted by Gasteiger charge is 2.14. The fourth-order valence-corrected chi connectivity index (χ4v) is 2.57. The van der Waals surface area contributed by atoms with Crippen molar-refractivity contribution in [2.24, 2.45) is 0 Å². The van der Waals surface area contributed by atoms with Gasteiger partial charge < -0.3 is 4.74 Å². The third kappa shape index (κ3) is 3.94. The Morgan fingerprint density at radius 2 is 1.96 bits per heavy atom. The van der Waals surface area contributed by atoms with Crippen LogP contribution in [0.3, 0.4) is 0 Å². The van der Waals surface area contributed by atoms with Gasteiger partial charge in [0, 0.05) is 12.1 Å². The van der Waals surface area contributed by atoms with Crippen LogP contribution in [0.15, 0.2) is 42.5 Å². The summed E-state index contributed by atoms with van der Waals surface area (Å²) in [5, 5.41) is 11.0. The zero-order chi connectivity index (χ0) is 17.0. The van der Waals surface area contributed by atoms with Crippen LogP contribution in [0.1, 0.15) is 46.8 Å². The summed E-state index contributed by atoms with van der Waals surface area (Å²) in [6.45, 7) is 4.10. The number of ether oxygens (including phenoxy) is 1. The summed E-state index contributed by atoms with van der Waals surface area (Å²) in [5.74, 6) is -0.135. The van der Waals surface area contributed by atoms with Gasteiger partial charge in [0.1, 0.15) is 0 Å². The van der Waals surface area contributed by atoms with E-state index in [-0.39, 0.29) is 11.6 Å². The van der Waals surface area contributed by atoms with Gasteiger partial charge in [-0.3, -0.25) is 10.1 Å². The highest BCUT2D eigenvalue weighted by Crippen LogP contribution is 2.26. The smallest absolute Gasteiger partial charge is 0.337 e. The molecule has 0 aliphatic carbocycles. The summed E-state index contributed by atoms with van der Waals surface area (Å²) in [6.07, 6.45) is 0.528. The largest absolute Gasteiger partial charge is 0.465 e. The molecule has 5 nitrogen and oxygen atoms in total. The molecule has 0 amide bonds. The van der Waals surface area contributed by atoms with Gasteiger partial charge in [-0.15, -0.1) is 0 Å². The second kappa shape index (κ2) is 7.05. The van der Waals surface area contributed by atoms with E-state index in [0.717, 1.165) is 16.7 Å². The third-order valence-electron chi connectivity index (χ3n) is 3.70. The Hall–Kier alpha value is -2.69. The Morgan fingerprint density at radius 1 is 1.22 bits per heavy atom. The van der Waals surface area contributed by atoms with E-state index in [4.69, 9.17) is 4.74 Å². The minimum Gasteiger partial charge on any atom is -0.465 e. The molecule has 0 N–H and O–H groups in total. The molecular weight excluding hydrogens is 294 g/mol. The summed E-state index contributed by atoms with van der Waals surface area (Å²) in [7, 11) is 1.34. The predicted octanol–water partition coefficient (Wildman–Crippen LogP) is 4.10. The molecule has 0 fully saturated rings. The molecule has 0 bridgehead atoms. The van der Waals surface area contributed by atoms with Crippen molar-refractivity contribution in [3.63, 3.8) is 0 Å². The Bertz CT molecular complexity index is 738. The molecule has 5 heteroatoms. The number of benzene rings is 2. The fourth-order valence-electron chi connectivity index (χ4n) is 2.57. The monoisotopic (exact) mass is 313 g/mol. The molecule has 0 aromatic heterocycles. The van der Waals surface area contributed by atoms with Crippen LogP contribution in [0.25, 0.3) is 0 Å². The van der Waals surface area contributed by atoms with E-state index in [1.165, 1.54) is 13.2 Å². The van der Waals surface area contributed by atoms with Crippen molar-refractivity contribution in [1.82, 2.24) is 0 Å². The number of non-ortho nitro benzene ring substituents is 1. The average Bonchev–Trinajstić information content (AvgIpc) is 2.54. The fraction of sp³-hybridized carbons (Fsp3) is 0.278. The van der Waals surface area contributed by atoms with Gasteiger partial charge in [0.15, 0.2) is 0 Å². The van der Waals surface area contributed by atoms with E-state index < -0.39 is 10.9 Å². The van der Waals surface area contributed by atoms with E-state index in [9.17, 15) is 14.9 Å². The Kier molecular flexibility index (Phi) is 5.11. The number of hydrogen-bond acceptors (Lipinski definition) is 4. The van der Waals surface area contributed by atoms with Crippen molar-refractivity contribution in [1.29, 1.82) is 0 Å². The van der Waals surface area contributed by atoms with E-state index in [0.29, 0.717) is 12.0 Å². The van der Waals surface area contributed by atoms with Crippen molar-refractivity contribution in [3.05, 3.63) is 74.8 Å². The first-order valence-electron chi connectivity index (χ1n) is 7.37. The molecule has 0 saturated carbocycles. The Morgan fingerprint density at radius 3 is 2.57 bits per heavy atom. The molecule has 0 spiro atoms. The summed E-state index contributed by atoms with van der Waals surface area (Å²) < 4.78 is 4.73. The number of nitro benzene ring substituents is 1. The van der Waals surface area contributed by atoms with Gasteiger partial charge in [-0.05, 0) is 41.2 Å². The quantitative estimate of drug-likeness (QED) is 0.473. The number of carbonyl (C=O) groups is 1. The number of rotatable bonds is 5. The molecule has 120 valence electrons. The van der Waals surface area contributed by atoms with E-state index in [1.807, 2.05) is 12.1 Å². The van der Waals surface area contributed by atoms with Crippen LogP contribution in [0, 0.1) is 10.1 Å². The Balaban J connectivity index is 2.40. The molecule has 0 radical (unpaired) electrons.